The largest absolute Gasteiger partial charge is 0.366 e. The number of hydrogen-bond acceptors (Lipinski definition) is 2. The normalized spacial score (nSPS) is 24.0. The van der Waals surface area contributed by atoms with Crippen molar-refractivity contribution in [3.05, 3.63) is 29.3 Å². The van der Waals surface area contributed by atoms with Crippen molar-refractivity contribution in [2.75, 3.05) is 18.0 Å². The van der Waals surface area contributed by atoms with Gasteiger partial charge in [-0.2, -0.15) is 0 Å². The number of nitrogens with zero attached hydrogens (tertiary/aromatic N) is 1. The number of piperazine rings is 1. The number of benzene rings is 1. The monoisotopic (exact) mass is 260 g/mol. The molecule has 2 heteroatoms. The van der Waals surface area contributed by atoms with Gasteiger partial charge in [-0.3, -0.25) is 0 Å². The first-order valence-corrected chi connectivity index (χ1v) is 7.59. The fourth-order valence-corrected chi connectivity index (χ4v) is 3.07. The predicted molar refractivity (Wildman–Crippen MR) is 84.0 cm³/mol. The highest BCUT2D eigenvalue weighted by Gasteiger charge is 2.28. The van der Waals surface area contributed by atoms with Crippen molar-refractivity contribution in [3.63, 3.8) is 0 Å². The zero-order chi connectivity index (χ0) is 14.0. The van der Waals surface area contributed by atoms with Gasteiger partial charge in [0, 0.05) is 30.9 Å². The predicted octanol–water partition coefficient (Wildman–Crippen LogP) is 3.52. The van der Waals surface area contributed by atoms with Crippen LogP contribution in [-0.2, 0) is 0 Å². The Hall–Kier alpha value is -1.02. The second kappa shape index (κ2) is 5.96. The molecule has 1 aliphatic rings. The lowest BCUT2D eigenvalue weighted by Gasteiger charge is -2.43. The summed E-state index contributed by atoms with van der Waals surface area (Å²) in [5, 5.41) is 3.71. The summed E-state index contributed by atoms with van der Waals surface area (Å²) in [6.07, 6.45) is 1.20. The third-order valence-electron chi connectivity index (χ3n) is 4.26. The lowest BCUT2D eigenvalue weighted by atomic mass is 9.97. The van der Waals surface area contributed by atoms with Crippen LogP contribution < -0.4 is 10.2 Å². The number of rotatable bonds is 3. The van der Waals surface area contributed by atoms with Gasteiger partial charge in [0.2, 0.25) is 0 Å². The van der Waals surface area contributed by atoms with Gasteiger partial charge in [0.25, 0.3) is 0 Å². The molecule has 0 aliphatic carbocycles. The summed E-state index contributed by atoms with van der Waals surface area (Å²) in [5.74, 6) is 0.686. The lowest BCUT2D eigenvalue weighted by Crippen LogP contribution is -2.58. The highest BCUT2D eigenvalue weighted by molar-refractivity contribution is 5.52. The molecule has 2 unspecified atom stereocenters. The fourth-order valence-electron chi connectivity index (χ4n) is 3.07. The maximum atomic E-state index is 3.71. The summed E-state index contributed by atoms with van der Waals surface area (Å²) in [7, 11) is 0. The average Bonchev–Trinajstić information content (AvgIpc) is 2.36. The molecule has 106 valence electrons. The Morgan fingerprint density at radius 3 is 2.37 bits per heavy atom. The Morgan fingerprint density at radius 1 is 1.21 bits per heavy atom. The van der Waals surface area contributed by atoms with E-state index in [0.29, 0.717) is 18.0 Å². The van der Waals surface area contributed by atoms with Crippen molar-refractivity contribution in [1.29, 1.82) is 0 Å². The Labute approximate surface area is 118 Å². The van der Waals surface area contributed by atoms with Crippen LogP contribution in [0.1, 0.15) is 38.3 Å². The van der Waals surface area contributed by atoms with Gasteiger partial charge in [-0.15, -0.1) is 0 Å². The van der Waals surface area contributed by atoms with Gasteiger partial charge in [0.05, 0.1) is 0 Å². The molecule has 1 saturated heterocycles. The molecule has 19 heavy (non-hydrogen) atoms. The van der Waals surface area contributed by atoms with E-state index in [0.717, 1.165) is 13.1 Å². The number of aryl methyl sites for hydroxylation is 2. The molecular weight excluding hydrogens is 232 g/mol. The zero-order valence-corrected chi connectivity index (χ0v) is 13.0. The van der Waals surface area contributed by atoms with E-state index < -0.39 is 0 Å². The van der Waals surface area contributed by atoms with Crippen molar-refractivity contribution in [2.24, 2.45) is 5.92 Å². The molecule has 1 aliphatic heterocycles. The van der Waals surface area contributed by atoms with Crippen LogP contribution in [0.15, 0.2) is 18.2 Å². The van der Waals surface area contributed by atoms with Crippen molar-refractivity contribution < 1.29 is 0 Å². The van der Waals surface area contributed by atoms with Crippen LogP contribution >= 0.6 is 0 Å². The van der Waals surface area contributed by atoms with Crippen molar-refractivity contribution in [2.45, 2.75) is 53.1 Å². The second-order valence-electron chi connectivity index (χ2n) is 6.32. The third kappa shape index (κ3) is 3.30. The molecule has 0 radical (unpaired) electrons. The molecule has 1 heterocycles. The van der Waals surface area contributed by atoms with Gasteiger partial charge in [-0.05, 0) is 49.4 Å². The van der Waals surface area contributed by atoms with E-state index in [4.69, 9.17) is 0 Å². The molecule has 0 bridgehead atoms. The van der Waals surface area contributed by atoms with Crippen LogP contribution in [0.25, 0.3) is 0 Å². The van der Waals surface area contributed by atoms with E-state index in [1.165, 1.54) is 23.2 Å². The van der Waals surface area contributed by atoms with Crippen LogP contribution in [-0.4, -0.2) is 25.2 Å². The summed E-state index contributed by atoms with van der Waals surface area (Å²) in [4.78, 5) is 2.61. The summed E-state index contributed by atoms with van der Waals surface area (Å²) in [5.41, 5.74) is 4.13. The minimum Gasteiger partial charge on any atom is -0.366 e. The lowest BCUT2D eigenvalue weighted by molar-refractivity contribution is 0.325. The highest BCUT2D eigenvalue weighted by Crippen LogP contribution is 2.25. The molecule has 2 atom stereocenters. The highest BCUT2D eigenvalue weighted by atomic mass is 15.2. The third-order valence-corrected chi connectivity index (χ3v) is 4.26. The molecule has 1 aromatic rings. The number of anilines is 1. The molecule has 0 spiro atoms. The van der Waals surface area contributed by atoms with E-state index in [2.05, 4.69) is 63.0 Å². The standard InChI is InChI=1S/C17H28N2/c1-6-15-10-18-17(12(2)3)11-19(15)16-8-13(4)7-14(5)9-16/h7-9,12,15,17-18H,6,10-11H2,1-5H3. The van der Waals surface area contributed by atoms with Crippen LogP contribution in [0.2, 0.25) is 0 Å². The summed E-state index contributed by atoms with van der Waals surface area (Å²) >= 11 is 0. The summed E-state index contributed by atoms with van der Waals surface area (Å²) < 4.78 is 0. The van der Waals surface area contributed by atoms with Crippen LogP contribution in [0.4, 0.5) is 5.69 Å². The first-order chi connectivity index (χ1) is 9.01. The quantitative estimate of drug-likeness (QED) is 0.894. The SMILES string of the molecule is CCC1CNC(C(C)C)CN1c1cc(C)cc(C)c1. The topological polar surface area (TPSA) is 15.3 Å². The molecule has 0 amide bonds. The smallest absolute Gasteiger partial charge is 0.0412 e. The van der Waals surface area contributed by atoms with Crippen LogP contribution in [0.5, 0.6) is 0 Å². The van der Waals surface area contributed by atoms with Gasteiger partial charge in [-0.1, -0.05) is 26.8 Å². The van der Waals surface area contributed by atoms with E-state index >= 15 is 0 Å². The molecule has 2 nitrogen and oxygen atoms in total. The second-order valence-corrected chi connectivity index (χ2v) is 6.32. The number of nitrogens with one attached hydrogen (secondary N) is 1. The molecule has 0 saturated carbocycles. The fraction of sp³-hybridized carbons (Fsp3) is 0.647. The first-order valence-electron chi connectivity index (χ1n) is 7.59. The number of hydrogen-bond donors (Lipinski definition) is 1. The molecule has 1 N–H and O–H groups in total. The van der Waals surface area contributed by atoms with E-state index in [-0.39, 0.29) is 0 Å². The Kier molecular flexibility index (Phi) is 4.51. The maximum absolute atomic E-state index is 3.71. The van der Waals surface area contributed by atoms with E-state index in [1.54, 1.807) is 0 Å². The zero-order valence-electron chi connectivity index (χ0n) is 13.0. The average molecular weight is 260 g/mol. The van der Waals surface area contributed by atoms with Crippen LogP contribution in [0, 0.1) is 19.8 Å². The van der Waals surface area contributed by atoms with Gasteiger partial charge in [0.15, 0.2) is 0 Å². The van der Waals surface area contributed by atoms with Gasteiger partial charge >= 0.3 is 0 Å². The van der Waals surface area contributed by atoms with Gasteiger partial charge in [0.1, 0.15) is 0 Å². The molecule has 1 aromatic carbocycles. The molecule has 2 rings (SSSR count). The minimum absolute atomic E-state index is 0.601. The molecule has 1 fully saturated rings. The van der Waals surface area contributed by atoms with E-state index in [9.17, 15) is 0 Å². The molecular formula is C17H28N2. The Balaban J connectivity index is 2.26. The minimum atomic E-state index is 0.601. The van der Waals surface area contributed by atoms with Gasteiger partial charge in [-0.25, -0.2) is 0 Å². The molecule has 0 aromatic heterocycles. The maximum Gasteiger partial charge on any atom is 0.0412 e. The summed E-state index contributed by atoms with van der Waals surface area (Å²) in [6.45, 7) is 13.5. The van der Waals surface area contributed by atoms with E-state index in [1.807, 2.05) is 0 Å². The Bertz CT molecular complexity index is 405. The van der Waals surface area contributed by atoms with Gasteiger partial charge < -0.3 is 10.2 Å². The first kappa shape index (κ1) is 14.4. The van der Waals surface area contributed by atoms with Crippen molar-refractivity contribution in [1.82, 2.24) is 5.32 Å². The van der Waals surface area contributed by atoms with Crippen molar-refractivity contribution >= 4 is 5.69 Å². The van der Waals surface area contributed by atoms with Crippen LogP contribution in [0.3, 0.4) is 0 Å². The Morgan fingerprint density at radius 2 is 1.84 bits per heavy atom. The summed E-state index contributed by atoms with van der Waals surface area (Å²) in [6, 6.07) is 8.14. The van der Waals surface area contributed by atoms with Crippen molar-refractivity contribution in [3.8, 4) is 0 Å².